The molecule has 0 saturated carbocycles. The van der Waals surface area contributed by atoms with Gasteiger partial charge >= 0.3 is 0 Å². The Labute approximate surface area is 195 Å². The molecule has 4 N–H and O–H groups in total. The summed E-state index contributed by atoms with van der Waals surface area (Å²) in [6.07, 6.45) is 4.15. The van der Waals surface area contributed by atoms with Crippen molar-refractivity contribution in [2.75, 3.05) is 25.0 Å². The highest BCUT2D eigenvalue weighted by molar-refractivity contribution is 6.30. The molecule has 4 rings (SSSR count). The van der Waals surface area contributed by atoms with Crippen LogP contribution in [0.15, 0.2) is 48.2 Å². The van der Waals surface area contributed by atoms with Crippen LogP contribution in [0, 0.1) is 5.82 Å². The first-order valence-electron chi connectivity index (χ1n) is 11.3. The molecule has 1 atom stereocenters. The molecule has 2 aliphatic rings. The summed E-state index contributed by atoms with van der Waals surface area (Å²) < 4.78 is 14.5. The van der Waals surface area contributed by atoms with Crippen molar-refractivity contribution in [3.05, 3.63) is 75.7 Å². The fourth-order valence-electron chi connectivity index (χ4n) is 4.58. The predicted octanol–water partition coefficient (Wildman–Crippen LogP) is 5.77. The molecular weight excluding hydrogens is 423 g/mol. The molecule has 0 aromatic heterocycles. The van der Waals surface area contributed by atoms with Crippen molar-refractivity contribution in [3.63, 3.8) is 0 Å². The van der Waals surface area contributed by atoms with E-state index in [-0.39, 0.29) is 11.9 Å². The molecule has 32 heavy (non-hydrogen) atoms. The Morgan fingerprint density at radius 2 is 2.06 bits per heavy atom. The van der Waals surface area contributed by atoms with Gasteiger partial charge < -0.3 is 16.4 Å². The van der Waals surface area contributed by atoms with Crippen LogP contribution in [0.2, 0.25) is 5.02 Å². The van der Waals surface area contributed by atoms with Crippen LogP contribution in [0.1, 0.15) is 56.3 Å². The number of anilines is 1. The van der Waals surface area contributed by atoms with Gasteiger partial charge in [-0.25, -0.2) is 4.39 Å². The minimum atomic E-state index is -0.307. The molecule has 0 spiro atoms. The van der Waals surface area contributed by atoms with Gasteiger partial charge in [0.1, 0.15) is 5.82 Å². The quantitative estimate of drug-likeness (QED) is 0.548. The predicted molar refractivity (Wildman–Crippen MR) is 133 cm³/mol. The minimum Gasteiger partial charge on any atom is -0.401 e. The highest BCUT2D eigenvalue weighted by atomic mass is 35.5. The van der Waals surface area contributed by atoms with Crippen molar-refractivity contribution in [1.29, 1.82) is 0 Å². The molecule has 2 aliphatic heterocycles. The number of hydrogen-bond acceptors (Lipinski definition) is 4. The minimum absolute atomic E-state index is 0.0707. The smallest absolute Gasteiger partial charge is 0.146 e. The number of benzene rings is 2. The Kier molecular flexibility index (Phi) is 6.77. The number of allylic oxidation sites excluding steroid dienone is 1. The van der Waals surface area contributed by atoms with Gasteiger partial charge in [0.2, 0.25) is 0 Å². The van der Waals surface area contributed by atoms with E-state index in [0.717, 1.165) is 55.0 Å². The first-order chi connectivity index (χ1) is 15.3. The Hall–Kier alpha value is -2.50. The van der Waals surface area contributed by atoms with Crippen molar-refractivity contribution >= 4 is 28.6 Å². The SMILES string of the molecule is C/C(N)=C1/NCCC(Nc2cc(Cl)ccc2F)c2cc(C3=CCN(C(C)C)CC3)ccc21. The average Bonchev–Trinajstić information content (AvgIpc) is 2.95. The molecule has 6 heteroatoms. The summed E-state index contributed by atoms with van der Waals surface area (Å²) in [7, 11) is 0. The maximum atomic E-state index is 14.5. The summed E-state index contributed by atoms with van der Waals surface area (Å²) in [4.78, 5) is 2.47. The second-order valence-electron chi connectivity index (χ2n) is 8.96. The second kappa shape index (κ2) is 9.55. The fraction of sp³-hybridized carbons (Fsp3) is 0.385. The first-order valence-corrected chi connectivity index (χ1v) is 11.7. The number of halogens is 2. The van der Waals surface area contributed by atoms with Gasteiger partial charge in [-0.05, 0) is 74.6 Å². The van der Waals surface area contributed by atoms with E-state index in [4.69, 9.17) is 17.3 Å². The third-order valence-electron chi connectivity index (χ3n) is 6.43. The standard InChI is InChI=1S/C26H32ClFN4/c1-16(2)32-12-9-18(10-13-32)19-4-6-21-22(14-19)24(8-11-30-26(21)17(3)29)31-25-15-20(27)5-7-23(25)28/h4-7,9,14-16,24,30-31H,8,10-13,29H2,1-3H3/b26-17-. The number of nitrogens with one attached hydrogen (secondary N) is 2. The third-order valence-corrected chi connectivity index (χ3v) is 6.66. The highest BCUT2D eigenvalue weighted by Crippen LogP contribution is 2.36. The molecule has 2 aromatic carbocycles. The molecule has 0 radical (unpaired) electrons. The van der Waals surface area contributed by atoms with Gasteiger partial charge in [0, 0.05) is 42.0 Å². The van der Waals surface area contributed by atoms with Gasteiger partial charge in [-0.3, -0.25) is 4.90 Å². The monoisotopic (exact) mass is 454 g/mol. The summed E-state index contributed by atoms with van der Waals surface area (Å²) in [5.74, 6) is -0.307. The van der Waals surface area contributed by atoms with Crippen LogP contribution >= 0.6 is 11.6 Å². The highest BCUT2D eigenvalue weighted by Gasteiger charge is 2.24. The van der Waals surface area contributed by atoms with Crippen LogP contribution < -0.4 is 16.4 Å². The first kappa shape index (κ1) is 22.7. The molecule has 0 aliphatic carbocycles. The number of nitrogens with two attached hydrogens (primary N) is 1. The normalized spacial score (nSPS) is 20.8. The largest absolute Gasteiger partial charge is 0.401 e. The maximum Gasteiger partial charge on any atom is 0.146 e. The van der Waals surface area contributed by atoms with Crippen molar-refractivity contribution in [2.24, 2.45) is 5.73 Å². The lowest BCUT2D eigenvalue weighted by molar-refractivity contribution is 0.245. The number of fused-ring (bicyclic) bond motifs is 1. The van der Waals surface area contributed by atoms with Crippen LogP contribution in [-0.4, -0.2) is 30.6 Å². The Bertz CT molecular complexity index is 1060. The molecule has 170 valence electrons. The van der Waals surface area contributed by atoms with Crippen molar-refractivity contribution in [1.82, 2.24) is 10.2 Å². The van der Waals surface area contributed by atoms with E-state index in [9.17, 15) is 4.39 Å². The zero-order valence-corrected chi connectivity index (χ0v) is 19.8. The lowest BCUT2D eigenvalue weighted by atomic mass is 9.90. The van der Waals surface area contributed by atoms with Crippen molar-refractivity contribution in [3.8, 4) is 0 Å². The average molecular weight is 455 g/mol. The molecule has 2 heterocycles. The van der Waals surface area contributed by atoms with Gasteiger partial charge in [-0.15, -0.1) is 0 Å². The van der Waals surface area contributed by atoms with E-state index < -0.39 is 0 Å². The van der Waals surface area contributed by atoms with Gasteiger partial charge in [-0.1, -0.05) is 29.8 Å². The number of nitrogens with zero attached hydrogens (tertiary/aromatic N) is 1. The van der Waals surface area contributed by atoms with E-state index in [0.29, 0.717) is 16.8 Å². The Balaban J connectivity index is 1.73. The maximum absolute atomic E-state index is 14.5. The van der Waals surface area contributed by atoms with E-state index >= 15 is 0 Å². The molecule has 0 saturated heterocycles. The van der Waals surface area contributed by atoms with Crippen molar-refractivity contribution < 1.29 is 4.39 Å². The van der Waals surface area contributed by atoms with Crippen LogP contribution in [-0.2, 0) is 0 Å². The molecule has 0 bridgehead atoms. The van der Waals surface area contributed by atoms with E-state index in [1.807, 2.05) is 6.92 Å². The molecule has 2 aromatic rings. The van der Waals surface area contributed by atoms with Crippen LogP contribution in [0.25, 0.3) is 11.3 Å². The van der Waals surface area contributed by atoms with E-state index in [1.54, 1.807) is 12.1 Å². The second-order valence-corrected chi connectivity index (χ2v) is 9.40. The third kappa shape index (κ3) is 4.79. The van der Waals surface area contributed by atoms with Crippen LogP contribution in [0.5, 0.6) is 0 Å². The van der Waals surface area contributed by atoms with Gasteiger partial charge in [-0.2, -0.15) is 0 Å². The van der Waals surface area contributed by atoms with E-state index in [1.165, 1.54) is 17.2 Å². The zero-order chi connectivity index (χ0) is 22.8. The van der Waals surface area contributed by atoms with E-state index in [2.05, 4.69) is 53.7 Å². The zero-order valence-electron chi connectivity index (χ0n) is 19.0. The van der Waals surface area contributed by atoms with Crippen LogP contribution in [0.3, 0.4) is 0 Å². The summed E-state index contributed by atoms with van der Waals surface area (Å²) in [6, 6.07) is 11.7. The lowest BCUT2D eigenvalue weighted by Gasteiger charge is -2.30. The van der Waals surface area contributed by atoms with Crippen molar-refractivity contribution in [2.45, 2.75) is 45.7 Å². The number of rotatable bonds is 4. The lowest BCUT2D eigenvalue weighted by Crippen LogP contribution is -2.34. The molecule has 0 fully saturated rings. The van der Waals surface area contributed by atoms with Gasteiger partial charge in [0.15, 0.2) is 0 Å². The summed E-state index contributed by atoms with van der Waals surface area (Å²) in [5, 5.41) is 7.39. The van der Waals surface area contributed by atoms with Gasteiger partial charge in [0.25, 0.3) is 0 Å². The molecule has 4 nitrogen and oxygen atoms in total. The summed E-state index contributed by atoms with van der Waals surface area (Å²) >= 11 is 6.14. The molecule has 0 amide bonds. The summed E-state index contributed by atoms with van der Waals surface area (Å²) in [6.45, 7) is 9.15. The van der Waals surface area contributed by atoms with Gasteiger partial charge in [0.05, 0.1) is 17.4 Å². The van der Waals surface area contributed by atoms with Crippen LogP contribution in [0.4, 0.5) is 10.1 Å². The summed E-state index contributed by atoms with van der Waals surface area (Å²) in [5.41, 5.74) is 13.1. The Morgan fingerprint density at radius 3 is 2.75 bits per heavy atom. The fourth-order valence-corrected chi connectivity index (χ4v) is 4.76. The topological polar surface area (TPSA) is 53.3 Å². The molecule has 1 unspecified atom stereocenters. The molecular formula is C26H32ClFN4. The Morgan fingerprint density at radius 1 is 1.25 bits per heavy atom. The number of hydrogen-bond donors (Lipinski definition) is 3.